The van der Waals surface area contributed by atoms with Gasteiger partial charge in [0, 0.05) is 25.8 Å². The van der Waals surface area contributed by atoms with Crippen molar-refractivity contribution in [2.45, 2.75) is 57.4 Å². The summed E-state index contributed by atoms with van der Waals surface area (Å²) in [5.41, 5.74) is 1.70. The molecule has 0 aliphatic carbocycles. The third kappa shape index (κ3) is 9.21. The van der Waals surface area contributed by atoms with Gasteiger partial charge in [-0.3, -0.25) is 4.79 Å². The lowest BCUT2D eigenvalue weighted by Gasteiger charge is -2.12. The highest BCUT2D eigenvalue weighted by Gasteiger charge is 2.10. The first-order chi connectivity index (χ1) is 13.3. The molecule has 2 N–H and O–H groups in total. The van der Waals surface area contributed by atoms with Crippen LogP contribution in [-0.2, 0) is 25.9 Å². The Labute approximate surface area is 168 Å². The van der Waals surface area contributed by atoms with Crippen LogP contribution in [0.4, 0.5) is 0 Å². The number of aryl methyl sites for hydroxylation is 1. The largest absolute Gasteiger partial charge is 0.469 e. The standard InChI is InChI=1S/C20H33N3O4S/c1-5-21-20(22-13-9-7-6-8-10-19(24)27-3)23-15-17-11-12-18(16(2)14-17)28(4,25)26/h11-12,14H,5-10,13,15H2,1-4H3,(H2,21,22,23). The fourth-order valence-electron chi connectivity index (χ4n) is 2.79. The van der Waals surface area contributed by atoms with Crippen molar-refractivity contribution < 1.29 is 17.9 Å². The molecule has 8 heteroatoms. The van der Waals surface area contributed by atoms with Gasteiger partial charge in [-0.15, -0.1) is 0 Å². The summed E-state index contributed by atoms with van der Waals surface area (Å²) in [7, 11) is -1.79. The van der Waals surface area contributed by atoms with Gasteiger partial charge >= 0.3 is 5.97 Å². The van der Waals surface area contributed by atoms with Crippen molar-refractivity contribution in [2.75, 3.05) is 26.5 Å². The second-order valence-corrected chi connectivity index (χ2v) is 8.72. The van der Waals surface area contributed by atoms with E-state index in [-0.39, 0.29) is 5.97 Å². The molecule has 0 spiro atoms. The topological polar surface area (TPSA) is 96.9 Å². The van der Waals surface area contributed by atoms with E-state index in [1.165, 1.54) is 13.4 Å². The molecule has 0 amide bonds. The molecule has 0 radical (unpaired) electrons. The summed E-state index contributed by atoms with van der Waals surface area (Å²) >= 11 is 0. The predicted molar refractivity (Wildman–Crippen MR) is 112 cm³/mol. The van der Waals surface area contributed by atoms with Gasteiger partial charge in [-0.25, -0.2) is 13.4 Å². The average molecular weight is 412 g/mol. The van der Waals surface area contributed by atoms with Crippen LogP contribution in [0.25, 0.3) is 0 Å². The molecule has 7 nitrogen and oxygen atoms in total. The van der Waals surface area contributed by atoms with Crippen LogP contribution in [0.2, 0.25) is 0 Å². The highest BCUT2D eigenvalue weighted by atomic mass is 32.2. The second kappa shape index (κ2) is 12.4. The van der Waals surface area contributed by atoms with Crippen LogP contribution in [0.1, 0.15) is 50.2 Å². The number of sulfone groups is 1. The Hall–Kier alpha value is -2.09. The van der Waals surface area contributed by atoms with E-state index in [4.69, 9.17) is 0 Å². The third-order valence-corrected chi connectivity index (χ3v) is 5.49. The number of unbranched alkanes of at least 4 members (excludes halogenated alkanes) is 3. The number of carbonyl (C=O) groups excluding carboxylic acids is 1. The van der Waals surface area contributed by atoms with Crippen molar-refractivity contribution in [3.63, 3.8) is 0 Å². The van der Waals surface area contributed by atoms with E-state index in [0.717, 1.165) is 55.9 Å². The van der Waals surface area contributed by atoms with Crippen molar-refractivity contribution in [1.82, 2.24) is 10.6 Å². The lowest BCUT2D eigenvalue weighted by molar-refractivity contribution is -0.140. The first kappa shape index (κ1) is 23.9. The molecule has 28 heavy (non-hydrogen) atoms. The summed E-state index contributed by atoms with van der Waals surface area (Å²) in [5.74, 6) is 0.585. The van der Waals surface area contributed by atoms with E-state index >= 15 is 0 Å². The Kier molecular flexibility index (Phi) is 10.6. The summed E-state index contributed by atoms with van der Waals surface area (Å²) in [6.07, 6.45) is 5.57. The number of esters is 1. The van der Waals surface area contributed by atoms with E-state index in [0.29, 0.717) is 17.9 Å². The quantitative estimate of drug-likeness (QED) is 0.251. The Balaban J connectivity index is 2.47. The van der Waals surface area contributed by atoms with Crippen LogP contribution in [0, 0.1) is 6.92 Å². The monoisotopic (exact) mass is 411 g/mol. The van der Waals surface area contributed by atoms with Gasteiger partial charge in [0.25, 0.3) is 0 Å². The molecule has 0 aliphatic rings. The van der Waals surface area contributed by atoms with Crippen LogP contribution in [0.15, 0.2) is 28.1 Å². The first-order valence-electron chi connectivity index (χ1n) is 9.66. The maximum Gasteiger partial charge on any atom is 0.305 e. The van der Waals surface area contributed by atoms with E-state index in [1.807, 2.05) is 13.0 Å². The fourth-order valence-corrected chi connectivity index (χ4v) is 3.75. The predicted octanol–water partition coefficient (Wildman–Crippen LogP) is 2.58. The van der Waals surface area contributed by atoms with Crippen molar-refractivity contribution in [3.8, 4) is 0 Å². The van der Waals surface area contributed by atoms with Crippen LogP contribution < -0.4 is 10.6 Å². The smallest absolute Gasteiger partial charge is 0.305 e. The number of nitrogens with zero attached hydrogens (tertiary/aromatic N) is 1. The Morgan fingerprint density at radius 3 is 2.46 bits per heavy atom. The Bertz CT molecular complexity index is 761. The molecule has 1 aromatic rings. The van der Waals surface area contributed by atoms with Crippen LogP contribution in [0.3, 0.4) is 0 Å². The number of methoxy groups -OCH3 is 1. The molecule has 1 rings (SSSR count). The molecular weight excluding hydrogens is 378 g/mol. The lowest BCUT2D eigenvalue weighted by Crippen LogP contribution is -2.37. The van der Waals surface area contributed by atoms with Gasteiger partial charge in [-0.2, -0.15) is 0 Å². The Morgan fingerprint density at radius 1 is 1.14 bits per heavy atom. The number of hydrogen-bond donors (Lipinski definition) is 2. The zero-order valence-electron chi connectivity index (χ0n) is 17.4. The van der Waals surface area contributed by atoms with Gasteiger partial charge in [-0.05, 0) is 43.9 Å². The molecule has 0 aliphatic heterocycles. The first-order valence-corrected chi connectivity index (χ1v) is 11.6. The summed E-state index contributed by atoms with van der Waals surface area (Å²) in [5, 5.41) is 6.51. The van der Waals surface area contributed by atoms with E-state index in [9.17, 15) is 13.2 Å². The molecular formula is C20H33N3O4S. The van der Waals surface area contributed by atoms with Crippen LogP contribution in [0.5, 0.6) is 0 Å². The number of hydrogen-bond acceptors (Lipinski definition) is 5. The minimum absolute atomic E-state index is 0.153. The van der Waals surface area contributed by atoms with Gasteiger partial charge in [0.2, 0.25) is 0 Å². The number of nitrogens with one attached hydrogen (secondary N) is 2. The molecule has 0 atom stereocenters. The highest BCUT2D eigenvalue weighted by Crippen LogP contribution is 2.17. The van der Waals surface area contributed by atoms with E-state index in [1.54, 1.807) is 19.1 Å². The molecule has 0 bridgehead atoms. The molecule has 0 fully saturated rings. The van der Waals surface area contributed by atoms with Gasteiger partial charge in [0.05, 0.1) is 18.6 Å². The molecule has 0 heterocycles. The SMILES string of the molecule is CCNC(=NCc1ccc(S(C)(=O)=O)c(C)c1)NCCCCCCC(=O)OC. The minimum atomic E-state index is -3.20. The number of carbonyl (C=O) groups is 1. The van der Waals surface area contributed by atoms with Crippen molar-refractivity contribution in [3.05, 3.63) is 29.3 Å². The molecule has 0 saturated carbocycles. The van der Waals surface area contributed by atoms with Gasteiger partial charge in [-0.1, -0.05) is 25.0 Å². The molecule has 0 unspecified atom stereocenters. The molecule has 0 saturated heterocycles. The summed E-state index contributed by atoms with van der Waals surface area (Å²) in [6, 6.07) is 5.31. The number of benzene rings is 1. The van der Waals surface area contributed by atoms with E-state index in [2.05, 4.69) is 20.4 Å². The average Bonchev–Trinajstić information content (AvgIpc) is 2.63. The number of rotatable bonds is 11. The third-order valence-electron chi connectivity index (χ3n) is 4.23. The van der Waals surface area contributed by atoms with Crippen molar-refractivity contribution in [2.24, 2.45) is 4.99 Å². The summed E-state index contributed by atoms with van der Waals surface area (Å²) in [6.45, 7) is 5.84. The maximum absolute atomic E-state index is 11.7. The molecule has 158 valence electrons. The number of aliphatic imine (C=N–C) groups is 1. The number of ether oxygens (including phenoxy) is 1. The minimum Gasteiger partial charge on any atom is -0.469 e. The van der Waals surface area contributed by atoms with Crippen LogP contribution >= 0.6 is 0 Å². The zero-order chi connectivity index (χ0) is 21.0. The summed E-state index contributed by atoms with van der Waals surface area (Å²) < 4.78 is 28.0. The maximum atomic E-state index is 11.7. The summed E-state index contributed by atoms with van der Waals surface area (Å²) in [4.78, 5) is 16.0. The molecule has 0 aromatic heterocycles. The van der Waals surface area contributed by atoms with E-state index < -0.39 is 9.84 Å². The van der Waals surface area contributed by atoms with Gasteiger partial charge in [0.1, 0.15) is 0 Å². The van der Waals surface area contributed by atoms with Gasteiger partial charge in [0.15, 0.2) is 15.8 Å². The lowest BCUT2D eigenvalue weighted by atomic mass is 10.1. The fraction of sp³-hybridized carbons (Fsp3) is 0.600. The highest BCUT2D eigenvalue weighted by molar-refractivity contribution is 7.90. The Morgan fingerprint density at radius 2 is 1.86 bits per heavy atom. The zero-order valence-corrected chi connectivity index (χ0v) is 18.2. The molecule has 1 aromatic carbocycles. The number of guanidine groups is 1. The van der Waals surface area contributed by atoms with Gasteiger partial charge < -0.3 is 15.4 Å². The second-order valence-electron chi connectivity index (χ2n) is 6.73. The van der Waals surface area contributed by atoms with Crippen molar-refractivity contribution >= 4 is 21.8 Å². The van der Waals surface area contributed by atoms with Crippen LogP contribution in [-0.4, -0.2) is 46.8 Å². The normalized spacial score (nSPS) is 11.9. The van der Waals surface area contributed by atoms with Crippen molar-refractivity contribution in [1.29, 1.82) is 0 Å².